The Hall–Kier alpha value is -1.43. The van der Waals surface area contributed by atoms with Crippen LogP contribution in [-0.2, 0) is 23.9 Å². The third kappa shape index (κ3) is 4.26. The smallest absolute Gasteiger partial charge is 0.305 e. The molecule has 6 heteroatoms. The van der Waals surface area contributed by atoms with E-state index in [2.05, 4.69) is 27.7 Å². The minimum absolute atomic E-state index is 0.00215. The molecule has 6 nitrogen and oxygen atoms in total. The highest BCUT2D eigenvalue weighted by molar-refractivity contribution is 5.86. The number of methoxy groups -OCH3 is 1. The first-order chi connectivity index (χ1) is 16.5. The SMILES string of the molecule is CC[C@H]1C(=O)[C@@H]2[C@H](C[C@H](O)[C@]3(C)[C@@H](C(C)CCC(=O)OC)CC[C@@H]23)[C@@]2(C)CC[C@@H](OC(C)=O)C[C@@H]12. The van der Waals surface area contributed by atoms with Crippen LogP contribution in [0.15, 0.2) is 0 Å². The van der Waals surface area contributed by atoms with Gasteiger partial charge in [0.25, 0.3) is 0 Å². The van der Waals surface area contributed by atoms with Crippen LogP contribution in [0.3, 0.4) is 0 Å². The Kier molecular flexibility index (Phi) is 7.45. The van der Waals surface area contributed by atoms with Crippen molar-refractivity contribution >= 4 is 17.7 Å². The van der Waals surface area contributed by atoms with Gasteiger partial charge >= 0.3 is 11.9 Å². The van der Waals surface area contributed by atoms with Gasteiger partial charge in [-0.3, -0.25) is 14.4 Å². The molecule has 4 rings (SSSR count). The molecule has 0 amide bonds. The number of aliphatic hydroxyl groups is 1. The summed E-state index contributed by atoms with van der Waals surface area (Å²) >= 11 is 0. The van der Waals surface area contributed by atoms with Gasteiger partial charge in [0.1, 0.15) is 11.9 Å². The van der Waals surface area contributed by atoms with Crippen molar-refractivity contribution in [3.05, 3.63) is 0 Å². The number of ketones is 1. The van der Waals surface area contributed by atoms with Crippen LogP contribution in [0.2, 0.25) is 0 Å². The highest BCUT2D eigenvalue weighted by atomic mass is 16.5. The van der Waals surface area contributed by atoms with Crippen molar-refractivity contribution in [2.24, 2.45) is 52.3 Å². The molecule has 0 aromatic rings. The molecule has 0 heterocycles. The number of carbonyl (C=O) groups is 3. The molecular weight excluding hydrogens is 444 g/mol. The Balaban J connectivity index is 1.62. The minimum atomic E-state index is -0.448. The van der Waals surface area contributed by atoms with Gasteiger partial charge < -0.3 is 14.6 Å². The molecule has 4 saturated carbocycles. The van der Waals surface area contributed by atoms with Crippen LogP contribution in [-0.4, -0.2) is 42.1 Å². The van der Waals surface area contributed by atoms with Crippen LogP contribution in [0.4, 0.5) is 0 Å². The van der Waals surface area contributed by atoms with Gasteiger partial charge in [0.2, 0.25) is 0 Å². The molecule has 0 saturated heterocycles. The van der Waals surface area contributed by atoms with Crippen LogP contribution in [0.5, 0.6) is 0 Å². The summed E-state index contributed by atoms with van der Waals surface area (Å²) in [6.45, 7) is 10.4. The van der Waals surface area contributed by atoms with E-state index in [0.717, 1.165) is 44.9 Å². The molecule has 0 aliphatic heterocycles. The maximum atomic E-state index is 14.2. The van der Waals surface area contributed by atoms with Gasteiger partial charge in [0.05, 0.1) is 13.2 Å². The summed E-state index contributed by atoms with van der Waals surface area (Å²) in [7, 11) is 1.43. The molecule has 0 aromatic heterocycles. The standard InChI is InChI=1S/C29H46O6/c1-7-19-22-14-18(35-17(3)30)12-13-28(22,4)23-15-24(31)29(5)20(16(2)8-11-25(32)34-6)9-10-21(29)26(23)27(19)33/h16,18-24,26,31H,7-15H2,1-6H3/t16?,18-,19-,20-,21+,22+,23+,24+,26+,28+,29-/m1/s1. The second kappa shape index (κ2) is 9.79. The van der Waals surface area contributed by atoms with E-state index in [9.17, 15) is 19.5 Å². The van der Waals surface area contributed by atoms with Crippen molar-refractivity contribution in [1.29, 1.82) is 0 Å². The van der Waals surface area contributed by atoms with Crippen LogP contribution < -0.4 is 0 Å². The monoisotopic (exact) mass is 490 g/mol. The summed E-state index contributed by atoms with van der Waals surface area (Å²) in [5.74, 6) is 1.12. The molecule has 198 valence electrons. The Morgan fingerprint density at radius 1 is 1.11 bits per heavy atom. The van der Waals surface area contributed by atoms with E-state index in [1.165, 1.54) is 14.0 Å². The third-order valence-electron chi connectivity index (χ3n) is 11.3. The highest BCUT2D eigenvalue weighted by Crippen LogP contribution is 2.68. The Morgan fingerprint density at radius 2 is 1.83 bits per heavy atom. The van der Waals surface area contributed by atoms with Crippen molar-refractivity contribution in [2.45, 2.75) is 105 Å². The highest BCUT2D eigenvalue weighted by Gasteiger charge is 2.67. The summed E-state index contributed by atoms with van der Waals surface area (Å²) in [6, 6.07) is 0. The van der Waals surface area contributed by atoms with Crippen LogP contribution >= 0.6 is 0 Å². The van der Waals surface area contributed by atoms with Gasteiger partial charge in [0, 0.05) is 30.6 Å². The molecule has 1 unspecified atom stereocenters. The Bertz CT molecular complexity index is 839. The molecule has 35 heavy (non-hydrogen) atoms. The van der Waals surface area contributed by atoms with Crippen molar-refractivity contribution in [3.63, 3.8) is 0 Å². The van der Waals surface area contributed by atoms with E-state index < -0.39 is 6.10 Å². The maximum absolute atomic E-state index is 14.2. The predicted octanol–water partition coefficient (Wildman–Crippen LogP) is 4.95. The molecule has 11 atom stereocenters. The predicted molar refractivity (Wildman–Crippen MR) is 132 cm³/mol. The van der Waals surface area contributed by atoms with Crippen LogP contribution in [0.1, 0.15) is 92.4 Å². The number of fused-ring (bicyclic) bond motifs is 5. The van der Waals surface area contributed by atoms with Crippen molar-refractivity contribution in [2.75, 3.05) is 7.11 Å². The summed E-state index contributed by atoms with van der Waals surface area (Å²) < 4.78 is 10.5. The number of carbonyl (C=O) groups excluding carboxylic acids is 3. The lowest BCUT2D eigenvalue weighted by Gasteiger charge is -2.63. The summed E-state index contributed by atoms with van der Waals surface area (Å²) in [5, 5.41) is 11.7. The molecule has 0 spiro atoms. The molecule has 4 aliphatic carbocycles. The van der Waals surface area contributed by atoms with Gasteiger partial charge in [-0.1, -0.05) is 27.7 Å². The van der Waals surface area contributed by atoms with Gasteiger partial charge in [0.15, 0.2) is 0 Å². The quantitative estimate of drug-likeness (QED) is 0.530. The summed E-state index contributed by atoms with van der Waals surface area (Å²) in [6.07, 6.45) is 6.61. The molecule has 4 aliphatic rings. The van der Waals surface area contributed by atoms with Gasteiger partial charge in [-0.05, 0) is 86.4 Å². The fourth-order valence-electron chi connectivity index (χ4n) is 9.55. The van der Waals surface area contributed by atoms with Gasteiger partial charge in [-0.2, -0.15) is 0 Å². The van der Waals surface area contributed by atoms with Gasteiger partial charge in [-0.15, -0.1) is 0 Å². The first kappa shape index (κ1) is 26.6. The van der Waals surface area contributed by atoms with Crippen molar-refractivity contribution < 1.29 is 29.0 Å². The average Bonchev–Trinajstić information content (AvgIpc) is 3.17. The maximum Gasteiger partial charge on any atom is 0.305 e. The van der Waals surface area contributed by atoms with E-state index in [0.29, 0.717) is 30.5 Å². The zero-order chi connectivity index (χ0) is 25.7. The second-order valence-electron chi connectivity index (χ2n) is 12.7. The Labute approximate surface area is 210 Å². The zero-order valence-electron chi connectivity index (χ0n) is 22.5. The van der Waals surface area contributed by atoms with Crippen LogP contribution in [0.25, 0.3) is 0 Å². The lowest BCUT2D eigenvalue weighted by Crippen LogP contribution is -2.64. The van der Waals surface area contributed by atoms with E-state index >= 15 is 0 Å². The average molecular weight is 491 g/mol. The summed E-state index contributed by atoms with van der Waals surface area (Å²) in [5.41, 5.74) is -0.324. The number of aliphatic hydroxyl groups excluding tert-OH is 1. The van der Waals surface area contributed by atoms with E-state index in [1.54, 1.807) is 0 Å². The molecule has 0 radical (unpaired) electrons. The van der Waals surface area contributed by atoms with Crippen LogP contribution in [0, 0.1) is 52.3 Å². The number of ether oxygens (including phenoxy) is 2. The Morgan fingerprint density at radius 3 is 2.46 bits per heavy atom. The summed E-state index contributed by atoms with van der Waals surface area (Å²) in [4.78, 5) is 37.6. The molecule has 4 fully saturated rings. The zero-order valence-corrected chi connectivity index (χ0v) is 22.5. The largest absolute Gasteiger partial charge is 0.469 e. The molecular formula is C29H46O6. The lowest BCUT2D eigenvalue weighted by molar-refractivity contribution is -0.195. The molecule has 0 aromatic carbocycles. The number of esters is 2. The normalized spacial score (nSPS) is 45.6. The van der Waals surface area contributed by atoms with Crippen molar-refractivity contribution in [1.82, 2.24) is 0 Å². The second-order valence-corrected chi connectivity index (χ2v) is 12.7. The third-order valence-corrected chi connectivity index (χ3v) is 11.3. The lowest BCUT2D eigenvalue weighted by atomic mass is 9.41. The topological polar surface area (TPSA) is 89.9 Å². The number of rotatable bonds is 6. The fourth-order valence-corrected chi connectivity index (χ4v) is 9.55. The van der Waals surface area contributed by atoms with E-state index in [-0.39, 0.29) is 58.5 Å². The minimum Gasteiger partial charge on any atom is -0.469 e. The van der Waals surface area contributed by atoms with Gasteiger partial charge in [-0.25, -0.2) is 0 Å². The van der Waals surface area contributed by atoms with Crippen molar-refractivity contribution in [3.8, 4) is 0 Å². The number of hydrogen-bond acceptors (Lipinski definition) is 6. The van der Waals surface area contributed by atoms with E-state index in [1.807, 2.05) is 0 Å². The molecule has 1 N–H and O–H groups in total. The molecule has 0 bridgehead atoms. The van der Waals surface area contributed by atoms with E-state index in [4.69, 9.17) is 9.47 Å². The fraction of sp³-hybridized carbons (Fsp3) is 0.897. The number of hydrogen-bond donors (Lipinski definition) is 1. The number of Topliss-reactive ketones (excluding diaryl/α,β-unsaturated/α-hetero) is 1. The first-order valence-corrected chi connectivity index (χ1v) is 13.9. The first-order valence-electron chi connectivity index (χ1n) is 13.9.